The summed E-state index contributed by atoms with van der Waals surface area (Å²) in [7, 11) is 0. The maximum absolute atomic E-state index is 9.59. The van der Waals surface area contributed by atoms with Crippen LogP contribution in [0.15, 0.2) is 194 Å². The van der Waals surface area contributed by atoms with Crippen molar-refractivity contribution in [2.45, 2.75) is 19.3 Å². The summed E-state index contributed by atoms with van der Waals surface area (Å²) < 4.78 is 0. The molecular weight excluding hydrogens is 717 g/mol. The molecule has 0 saturated heterocycles. The van der Waals surface area contributed by atoms with Crippen LogP contribution >= 0.6 is 0 Å². The molecule has 10 rings (SSSR count). The number of fused-ring (bicyclic) bond motifs is 3. The Labute approximate surface area is 344 Å². The molecule has 278 valence electrons. The molecule has 4 heteroatoms. The van der Waals surface area contributed by atoms with E-state index in [-0.39, 0.29) is 5.41 Å². The Kier molecular flexibility index (Phi) is 8.85. The van der Waals surface area contributed by atoms with Crippen molar-refractivity contribution >= 4 is 0 Å². The Hall–Kier alpha value is -7.74. The van der Waals surface area contributed by atoms with Crippen LogP contribution in [-0.2, 0) is 5.41 Å². The van der Waals surface area contributed by atoms with E-state index in [2.05, 4.69) is 164 Å². The second-order valence-corrected chi connectivity index (χ2v) is 15.6. The van der Waals surface area contributed by atoms with Crippen LogP contribution in [0.4, 0.5) is 0 Å². The summed E-state index contributed by atoms with van der Waals surface area (Å²) >= 11 is 0. The summed E-state index contributed by atoms with van der Waals surface area (Å²) in [6.07, 6.45) is 3.72. The van der Waals surface area contributed by atoms with E-state index in [0.717, 1.165) is 61.5 Å². The highest BCUT2D eigenvalue weighted by Gasteiger charge is 2.35. The summed E-state index contributed by atoms with van der Waals surface area (Å²) in [4.78, 5) is 14.8. The fourth-order valence-corrected chi connectivity index (χ4v) is 8.41. The smallest absolute Gasteiger partial charge is 0.160 e. The third kappa shape index (κ3) is 6.69. The third-order valence-electron chi connectivity index (χ3n) is 11.6. The molecule has 0 bridgehead atoms. The summed E-state index contributed by atoms with van der Waals surface area (Å²) in [5.74, 6) is 0.675. The van der Waals surface area contributed by atoms with Gasteiger partial charge in [-0.15, -0.1) is 0 Å². The second kappa shape index (κ2) is 14.6. The van der Waals surface area contributed by atoms with E-state index in [1.54, 1.807) is 6.20 Å². The minimum atomic E-state index is -0.205. The highest BCUT2D eigenvalue weighted by Crippen LogP contribution is 2.50. The van der Waals surface area contributed by atoms with Crippen molar-refractivity contribution in [2.24, 2.45) is 0 Å². The van der Waals surface area contributed by atoms with Gasteiger partial charge in [-0.1, -0.05) is 147 Å². The zero-order valence-electron chi connectivity index (χ0n) is 32.8. The van der Waals surface area contributed by atoms with E-state index in [1.807, 2.05) is 48.7 Å². The lowest BCUT2D eigenvalue weighted by Crippen LogP contribution is -2.15. The molecule has 0 unspecified atom stereocenters. The number of nitriles is 1. The minimum Gasteiger partial charge on any atom is -0.264 e. The highest BCUT2D eigenvalue weighted by atomic mass is 14.9. The predicted octanol–water partition coefficient (Wildman–Crippen LogP) is 13.7. The maximum atomic E-state index is 9.59. The molecule has 1 aliphatic carbocycles. The molecule has 2 heterocycles. The average Bonchev–Trinajstić information content (AvgIpc) is 3.54. The molecule has 0 fully saturated rings. The standard InChI is InChI=1S/C55H38N4/c1-55(2)50-28-36(34-56)15-25-48(50)49-26-24-43(32-51(49)55)39-16-18-40(19-17-39)45-29-46(44-14-9-27-57-35-44)31-47(30-45)53-33-52(58-54(59-53)42-12-7-4-8-13-42)41-22-20-38(21-23-41)37-10-5-3-6-11-37/h3-33,35H,1-2H3. The molecule has 7 aromatic carbocycles. The van der Waals surface area contributed by atoms with Gasteiger partial charge in [0, 0.05) is 40.1 Å². The molecule has 9 aromatic rings. The molecule has 0 aliphatic heterocycles. The van der Waals surface area contributed by atoms with Gasteiger partial charge in [0.1, 0.15) is 0 Å². The van der Waals surface area contributed by atoms with Gasteiger partial charge in [0.05, 0.1) is 23.0 Å². The van der Waals surface area contributed by atoms with Crippen LogP contribution in [0.2, 0.25) is 0 Å². The van der Waals surface area contributed by atoms with Crippen LogP contribution in [0.3, 0.4) is 0 Å². The first-order valence-corrected chi connectivity index (χ1v) is 19.9. The SMILES string of the molecule is CC1(C)c2cc(C#N)ccc2-c2ccc(-c3ccc(-c4cc(-c5cccnc5)cc(-c5cc(-c6ccc(-c7ccccc7)cc6)nc(-c6ccccc6)n5)c4)cc3)cc21. The van der Waals surface area contributed by atoms with Gasteiger partial charge in [0.2, 0.25) is 0 Å². The van der Waals surface area contributed by atoms with Gasteiger partial charge in [0.15, 0.2) is 5.82 Å². The van der Waals surface area contributed by atoms with Crippen LogP contribution in [0.1, 0.15) is 30.5 Å². The number of hydrogen-bond donors (Lipinski definition) is 0. The number of hydrogen-bond acceptors (Lipinski definition) is 4. The van der Waals surface area contributed by atoms with Crippen molar-refractivity contribution in [1.82, 2.24) is 15.0 Å². The van der Waals surface area contributed by atoms with Crippen molar-refractivity contribution in [2.75, 3.05) is 0 Å². The van der Waals surface area contributed by atoms with Crippen molar-refractivity contribution < 1.29 is 0 Å². The number of benzene rings is 7. The van der Waals surface area contributed by atoms with Crippen LogP contribution in [0.25, 0.3) is 89.5 Å². The molecule has 0 atom stereocenters. The summed E-state index contributed by atoms with van der Waals surface area (Å²) in [6.45, 7) is 4.51. The van der Waals surface area contributed by atoms with Gasteiger partial charge in [-0.3, -0.25) is 4.98 Å². The Morgan fingerprint density at radius 2 is 0.898 bits per heavy atom. The van der Waals surface area contributed by atoms with Crippen molar-refractivity contribution in [3.8, 4) is 95.6 Å². The van der Waals surface area contributed by atoms with E-state index < -0.39 is 0 Å². The van der Waals surface area contributed by atoms with E-state index in [4.69, 9.17) is 9.97 Å². The normalized spacial score (nSPS) is 12.4. The highest BCUT2D eigenvalue weighted by molar-refractivity contribution is 5.86. The minimum absolute atomic E-state index is 0.205. The molecule has 2 aromatic heterocycles. The Balaban J connectivity index is 1.05. The molecule has 0 radical (unpaired) electrons. The molecule has 59 heavy (non-hydrogen) atoms. The maximum Gasteiger partial charge on any atom is 0.160 e. The van der Waals surface area contributed by atoms with Crippen LogP contribution in [-0.4, -0.2) is 15.0 Å². The van der Waals surface area contributed by atoms with E-state index in [0.29, 0.717) is 11.4 Å². The van der Waals surface area contributed by atoms with Crippen molar-refractivity contribution in [3.05, 3.63) is 211 Å². The average molecular weight is 755 g/mol. The molecule has 1 aliphatic rings. The molecule has 0 N–H and O–H groups in total. The van der Waals surface area contributed by atoms with E-state index in [1.165, 1.54) is 33.4 Å². The molecule has 0 saturated carbocycles. The lowest BCUT2D eigenvalue weighted by atomic mass is 9.81. The molecule has 0 spiro atoms. The van der Waals surface area contributed by atoms with Gasteiger partial charge < -0.3 is 0 Å². The van der Waals surface area contributed by atoms with Gasteiger partial charge in [-0.2, -0.15) is 5.26 Å². The summed E-state index contributed by atoms with van der Waals surface area (Å²) in [5.41, 5.74) is 19.0. The molecule has 0 amide bonds. The van der Waals surface area contributed by atoms with Crippen LogP contribution < -0.4 is 0 Å². The number of rotatable bonds is 7. The van der Waals surface area contributed by atoms with Gasteiger partial charge in [0.25, 0.3) is 0 Å². The fraction of sp³-hybridized carbons (Fsp3) is 0.0545. The first-order chi connectivity index (χ1) is 28.9. The number of nitrogens with zero attached hydrogens (tertiary/aromatic N) is 4. The van der Waals surface area contributed by atoms with Gasteiger partial charge in [-0.25, -0.2) is 9.97 Å². The van der Waals surface area contributed by atoms with E-state index >= 15 is 0 Å². The van der Waals surface area contributed by atoms with Crippen LogP contribution in [0.5, 0.6) is 0 Å². The van der Waals surface area contributed by atoms with E-state index in [9.17, 15) is 5.26 Å². The van der Waals surface area contributed by atoms with Crippen LogP contribution in [0, 0.1) is 11.3 Å². The molecule has 4 nitrogen and oxygen atoms in total. The zero-order valence-corrected chi connectivity index (χ0v) is 32.8. The summed E-state index contributed by atoms with van der Waals surface area (Å²) in [6, 6.07) is 66.1. The first kappa shape index (κ1) is 35.7. The number of pyridine rings is 1. The lowest BCUT2D eigenvalue weighted by Gasteiger charge is -2.22. The second-order valence-electron chi connectivity index (χ2n) is 15.6. The molecular formula is C55H38N4. The Morgan fingerprint density at radius 1 is 0.407 bits per heavy atom. The van der Waals surface area contributed by atoms with Gasteiger partial charge >= 0.3 is 0 Å². The Bertz CT molecular complexity index is 3040. The fourth-order valence-electron chi connectivity index (χ4n) is 8.41. The topological polar surface area (TPSA) is 62.5 Å². The monoisotopic (exact) mass is 754 g/mol. The third-order valence-corrected chi connectivity index (χ3v) is 11.6. The largest absolute Gasteiger partial charge is 0.264 e. The lowest BCUT2D eigenvalue weighted by molar-refractivity contribution is 0.660. The first-order valence-electron chi connectivity index (χ1n) is 19.9. The predicted molar refractivity (Wildman–Crippen MR) is 240 cm³/mol. The van der Waals surface area contributed by atoms with Crippen molar-refractivity contribution in [1.29, 1.82) is 5.26 Å². The zero-order chi connectivity index (χ0) is 39.9. The quantitative estimate of drug-likeness (QED) is 0.163. The number of aromatic nitrogens is 3. The van der Waals surface area contributed by atoms with Gasteiger partial charge in [-0.05, 0) is 110 Å². The Morgan fingerprint density at radius 3 is 1.54 bits per heavy atom. The summed E-state index contributed by atoms with van der Waals surface area (Å²) in [5, 5.41) is 9.59. The van der Waals surface area contributed by atoms with Crippen molar-refractivity contribution in [3.63, 3.8) is 0 Å².